The van der Waals surface area contributed by atoms with Crippen molar-refractivity contribution in [2.75, 3.05) is 60.0 Å². The van der Waals surface area contributed by atoms with Crippen molar-refractivity contribution in [2.24, 2.45) is 16.8 Å². The van der Waals surface area contributed by atoms with Crippen LogP contribution in [0.5, 0.6) is 0 Å². The molecule has 0 saturated carbocycles. The third-order valence-electron chi connectivity index (χ3n) is 4.79. The van der Waals surface area contributed by atoms with Crippen molar-refractivity contribution in [3.63, 3.8) is 0 Å². The van der Waals surface area contributed by atoms with Crippen LogP contribution >= 0.6 is 0 Å². The van der Waals surface area contributed by atoms with Gasteiger partial charge in [-0.15, -0.1) is 0 Å². The van der Waals surface area contributed by atoms with Crippen molar-refractivity contribution in [1.29, 1.82) is 0 Å². The fourth-order valence-electron chi connectivity index (χ4n) is 3.34. The number of rotatable bonds is 5. The molecule has 2 aliphatic rings. The normalized spacial score (nSPS) is 25.6. The first-order chi connectivity index (χ1) is 10.2. The van der Waals surface area contributed by atoms with Crippen molar-refractivity contribution < 1.29 is 4.74 Å². The monoisotopic (exact) mass is 296 g/mol. The molecule has 5 heteroatoms. The SMILES string of the molecule is CN=C(NCCN1CCC(C)CC1)N1CCC(COC)C1. The molecule has 2 saturated heterocycles. The predicted molar refractivity (Wildman–Crippen MR) is 87.8 cm³/mol. The Hall–Kier alpha value is -0.810. The van der Waals surface area contributed by atoms with Gasteiger partial charge in [-0.1, -0.05) is 6.92 Å². The lowest BCUT2D eigenvalue weighted by Gasteiger charge is -2.30. The van der Waals surface area contributed by atoms with E-state index in [0.29, 0.717) is 5.92 Å². The van der Waals surface area contributed by atoms with E-state index in [1.807, 2.05) is 7.05 Å². The maximum Gasteiger partial charge on any atom is 0.193 e. The third kappa shape index (κ3) is 5.15. The Morgan fingerprint density at radius 1 is 1.24 bits per heavy atom. The van der Waals surface area contributed by atoms with E-state index in [-0.39, 0.29) is 0 Å². The van der Waals surface area contributed by atoms with Gasteiger partial charge in [0.2, 0.25) is 0 Å². The van der Waals surface area contributed by atoms with Crippen LogP contribution in [0.1, 0.15) is 26.2 Å². The summed E-state index contributed by atoms with van der Waals surface area (Å²) in [5.41, 5.74) is 0. The molecule has 0 spiro atoms. The summed E-state index contributed by atoms with van der Waals surface area (Å²) in [4.78, 5) is 9.36. The van der Waals surface area contributed by atoms with E-state index in [9.17, 15) is 0 Å². The van der Waals surface area contributed by atoms with Crippen LogP contribution in [0.25, 0.3) is 0 Å². The van der Waals surface area contributed by atoms with Gasteiger partial charge in [0.1, 0.15) is 0 Å². The molecule has 122 valence electrons. The average Bonchev–Trinajstić information content (AvgIpc) is 2.94. The fourth-order valence-corrected chi connectivity index (χ4v) is 3.34. The summed E-state index contributed by atoms with van der Waals surface area (Å²) in [7, 11) is 3.67. The minimum absolute atomic E-state index is 0.650. The maximum atomic E-state index is 5.26. The van der Waals surface area contributed by atoms with Gasteiger partial charge in [0, 0.05) is 46.3 Å². The Kier molecular flexibility index (Phi) is 6.77. The van der Waals surface area contributed by atoms with Gasteiger partial charge in [0.25, 0.3) is 0 Å². The van der Waals surface area contributed by atoms with Gasteiger partial charge in [-0.3, -0.25) is 4.99 Å². The average molecular weight is 296 g/mol. The van der Waals surface area contributed by atoms with Crippen LogP contribution in [0.4, 0.5) is 0 Å². The van der Waals surface area contributed by atoms with Gasteiger partial charge in [0.05, 0.1) is 6.61 Å². The Bertz CT molecular complexity index is 326. The van der Waals surface area contributed by atoms with Crippen LogP contribution < -0.4 is 5.32 Å². The summed E-state index contributed by atoms with van der Waals surface area (Å²) in [6, 6.07) is 0. The van der Waals surface area contributed by atoms with Crippen LogP contribution in [0, 0.1) is 11.8 Å². The molecule has 2 heterocycles. The Morgan fingerprint density at radius 2 is 2.00 bits per heavy atom. The first kappa shape index (κ1) is 16.6. The molecule has 2 aliphatic heterocycles. The number of methoxy groups -OCH3 is 1. The molecule has 0 aromatic carbocycles. The van der Waals surface area contributed by atoms with Crippen LogP contribution in [0.2, 0.25) is 0 Å². The summed E-state index contributed by atoms with van der Waals surface area (Å²) in [6.07, 6.45) is 3.90. The first-order valence-corrected chi connectivity index (χ1v) is 8.39. The van der Waals surface area contributed by atoms with Crippen LogP contribution in [0.3, 0.4) is 0 Å². The second-order valence-electron chi connectivity index (χ2n) is 6.55. The lowest BCUT2D eigenvalue weighted by molar-refractivity contribution is 0.157. The van der Waals surface area contributed by atoms with Crippen LogP contribution in [-0.2, 0) is 4.74 Å². The standard InChI is InChI=1S/C16H32N4O/c1-14-4-8-19(9-5-14)11-7-18-16(17-2)20-10-6-15(12-20)13-21-3/h14-15H,4-13H2,1-3H3,(H,17,18). The summed E-state index contributed by atoms with van der Waals surface area (Å²) in [5, 5.41) is 3.53. The molecule has 2 fully saturated rings. The zero-order chi connectivity index (χ0) is 15.1. The number of hydrogen-bond acceptors (Lipinski definition) is 3. The molecule has 1 atom stereocenters. The predicted octanol–water partition coefficient (Wildman–Crippen LogP) is 1.26. The highest BCUT2D eigenvalue weighted by Crippen LogP contribution is 2.17. The number of aliphatic imine (C=N–C) groups is 1. The summed E-state index contributed by atoms with van der Waals surface area (Å²) < 4.78 is 5.26. The highest BCUT2D eigenvalue weighted by atomic mass is 16.5. The highest BCUT2D eigenvalue weighted by molar-refractivity contribution is 5.80. The number of guanidine groups is 1. The van der Waals surface area contributed by atoms with Crippen LogP contribution in [0.15, 0.2) is 4.99 Å². The maximum absolute atomic E-state index is 5.26. The third-order valence-corrected chi connectivity index (χ3v) is 4.79. The van der Waals surface area contributed by atoms with Crippen molar-refractivity contribution in [3.8, 4) is 0 Å². The summed E-state index contributed by atoms with van der Waals surface area (Å²) in [6.45, 7) is 10.0. The van der Waals surface area contributed by atoms with Gasteiger partial charge in [-0.25, -0.2) is 0 Å². The molecular weight excluding hydrogens is 264 g/mol. The van der Waals surface area contributed by atoms with E-state index >= 15 is 0 Å². The van der Waals surface area contributed by atoms with E-state index in [2.05, 4.69) is 27.0 Å². The Labute approximate surface area is 129 Å². The second kappa shape index (κ2) is 8.59. The lowest BCUT2D eigenvalue weighted by atomic mass is 9.99. The Morgan fingerprint density at radius 3 is 2.67 bits per heavy atom. The molecule has 5 nitrogen and oxygen atoms in total. The molecule has 0 aliphatic carbocycles. The largest absolute Gasteiger partial charge is 0.384 e. The van der Waals surface area contributed by atoms with Crippen molar-refractivity contribution in [2.45, 2.75) is 26.2 Å². The van der Waals surface area contributed by atoms with Gasteiger partial charge < -0.3 is 19.9 Å². The number of nitrogens with one attached hydrogen (secondary N) is 1. The van der Waals surface area contributed by atoms with Crippen molar-refractivity contribution >= 4 is 5.96 Å². The van der Waals surface area contributed by atoms with Crippen molar-refractivity contribution in [3.05, 3.63) is 0 Å². The smallest absolute Gasteiger partial charge is 0.193 e. The first-order valence-electron chi connectivity index (χ1n) is 8.39. The van der Waals surface area contributed by atoms with Crippen LogP contribution in [-0.4, -0.2) is 75.8 Å². The molecule has 0 aromatic rings. The molecule has 0 radical (unpaired) electrons. The molecular formula is C16H32N4O. The van der Waals surface area contributed by atoms with Gasteiger partial charge in [0.15, 0.2) is 5.96 Å². The minimum atomic E-state index is 0.650. The van der Waals surface area contributed by atoms with Gasteiger partial charge in [-0.05, 0) is 38.3 Å². The number of ether oxygens (including phenoxy) is 1. The fraction of sp³-hybridized carbons (Fsp3) is 0.938. The molecule has 21 heavy (non-hydrogen) atoms. The zero-order valence-corrected chi connectivity index (χ0v) is 14.0. The second-order valence-corrected chi connectivity index (χ2v) is 6.55. The molecule has 0 bridgehead atoms. The quantitative estimate of drug-likeness (QED) is 0.612. The molecule has 1 unspecified atom stereocenters. The number of likely N-dealkylation sites (tertiary alicyclic amines) is 2. The van der Waals surface area contributed by atoms with E-state index in [1.54, 1.807) is 7.11 Å². The summed E-state index contributed by atoms with van der Waals surface area (Å²) >= 11 is 0. The van der Waals surface area contributed by atoms with Gasteiger partial charge in [-0.2, -0.15) is 0 Å². The zero-order valence-electron chi connectivity index (χ0n) is 14.0. The number of nitrogens with zero attached hydrogens (tertiary/aromatic N) is 3. The Balaban J connectivity index is 1.66. The molecule has 2 rings (SSSR count). The van der Waals surface area contributed by atoms with E-state index in [1.165, 1.54) is 32.4 Å². The molecule has 0 amide bonds. The van der Waals surface area contributed by atoms with E-state index in [0.717, 1.165) is 44.7 Å². The minimum Gasteiger partial charge on any atom is -0.384 e. The van der Waals surface area contributed by atoms with E-state index in [4.69, 9.17) is 4.74 Å². The van der Waals surface area contributed by atoms with E-state index < -0.39 is 0 Å². The number of piperidine rings is 1. The number of hydrogen-bond donors (Lipinski definition) is 1. The van der Waals surface area contributed by atoms with Crippen molar-refractivity contribution in [1.82, 2.24) is 15.1 Å². The van der Waals surface area contributed by atoms with Gasteiger partial charge >= 0.3 is 0 Å². The highest BCUT2D eigenvalue weighted by Gasteiger charge is 2.24. The molecule has 0 aromatic heterocycles. The molecule has 1 N–H and O–H groups in total. The lowest BCUT2D eigenvalue weighted by Crippen LogP contribution is -2.44. The summed E-state index contributed by atoms with van der Waals surface area (Å²) in [5.74, 6) is 2.61. The topological polar surface area (TPSA) is 40.1 Å².